The van der Waals surface area contributed by atoms with Gasteiger partial charge < -0.3 is 15.0 Å². The van der Waals surface area contributed by atoms with Crippen LogP contribution >= 0.6 is 0 Å². The fraction of sp³-hybridized carbons (Fsp3) is 0.286. The predicted molar refractivity (Wildman–Crippen MR) is 68.0 cm³/mol. The highest BCUT2D eigenvalue weighted by Crippen LogP contribution is 2.02. The summed E-state index contributed by atoms with van der Waals surface area (Å²) < 4.78 is 4.16. The lowest BCUT2D eigenvalue weighted by Crippen LogP contribution is -2.28. The molecule has 0 saturated heterocycles. The number of hydrogen-bond donors (Lipinski definition) is 1. The largest absolute Gasteiger partial charge is 0.545 e. The summed E-state index contributed by atoms with van der Waals surface area (Å²) in [5.41, 5.74) is 0.817. The van der Waals surface area contributed by atoms with E-state index in [4.69, 9.17) is 5.11 Å². The molecule has 19 heavy (non-hydrogen) atoms. The number of rotatable bonds is 3. The Bertz CT molecular complexity index is 518. The van der Waals surface area contributed by atoms with Gasteiger partial charge in [-0.25, -0.2) is 9.13 Å². The van der Waals surface area contributed by atoms with Crippen LogP contribution in [0, 0.1) is 0 Å². The average molecular weight is 262 g/mol. The Hall–Kier alpha value is -2.14. The lowest BCUT2D eigenvalue weighted by molar-refractivity contribution is -0.693. The molecule has 0 bridgehead atoms. The van der Waals surface area contributed by atoms with Crippen LogP contribution in [0.25, 0.3) is 0 Å². The van der Waals surface area contributed by atoms with Gasteiger partial charge in [0, 0.05) is 0 Å². The summed E-state index contributed by atoms with van der Waals surface area (Å²) in [5.74, 6) is -1.20. The maximum absolute atomic E-state index is 10.2. The third-order valence-corrected chi connectivity index (χ3v) is 2.56. The molecule has 1 aromatic heterocycles. The van der Waals surface area contributed by atoms with E-state index in [0.29, 0.717) is 5.56 Å². The molecule has 1 aromatic carbocycles. The number of aliphatic hydroxyl groups is 1. The molecular formula is C14H18N2O3. The lowest BCUT2D eigenvalue weighted by atomic mass is 10.1. The first-order chi connectivity index (χ1) is 9.06. The number of aromatic nitrogens is 2. The van der Waals surface area contributed by atoms with Crippen molar-refractivity contribution in [2.75, 3.05) is 0 Å². The number of carbonyl (C=O) groups excluding carboxylic acids is 1. The number of aryl methyl sites for hydroxylation is 2. The smallest absolute Gasteiger partial charge is 0.243 e. The van der Waals surface area contributed by atoms with Crippen molar-refractivity contribution in [1.29, 1.82) is 0 Å². The van der Waals surface area contributed by atoms with Gasteiger partial charge in [0.2, 0.25) is 6.33 Å². The van der Waals surface area contributed by atoms with Crippen LogP contribution in [0.1, 0.15) is 22.8 Å². The minimum Gasteiger partial charge on any atom is -0.545 e. The normalized spacial score (nSPS) is 9.63. The minimum absolute atomic E-state index is 0.0761. The van der Waals surface area contributed by atoms with E-state index in [1.807, 2.05) is 17.8 Å². The van der Waals surface area contributed by atoms with Crippen LogP contribution in [0.5, 0.6) is 0 Å². The number of hydrogen-bond acceptors (Lipinski definition) is 3. The van der Waals surface area contributed by atoms with Gasteiger partial charge in [-0.2, -0.15) is 0 Å². The zero-order valence-corrected chi connectivity index (χ0v) is 11.1. The number of nitrogens with zero attached hydrogens (tertiary/aromatic N) is 2. The molecule has 0 spiro atoms. The number of carboxylic acid groups (broad SMARTS) is 1. The Morgan fingerprint density at radius 3 is 2.32 bits per heavy atom. The van der Waals surface area contributed by atoms with Gasteiger partial charge >= 0.3 is 0 Å². The maximum atomic E-state index is 10.2. The minimum atomic E-state index is -1.20. The van der Waals surface area contributed by atoms with E-state index in [0.717, 1.165) is 6.54 Å². The summed E-state index contributed by atoms with van der Waals surface area (Å²) in [6.45, 7) is 3.11. The van der Waals surface area contributed by atoms with Gasteiger partial charge in [-0.1, -0.05) is 24.3 Å². The standard InChI is InChI=1S/C8H8O3.C6H11N2/c9-5-6-1-3-7(4-2-6)8(10)11;1-3-8-5-4-7(2)6-8/h1-4,9H,5H2,(H,10,11);4-6H,3H2,1-2H3/q;+1/p-1. The first-order valence-electron chi connectivity index (χ1n) is 5.99. The van der Waals surface area contributed by atoms with E-state index >= 15 is 0 Å². The zero-order chi connectivity index (χ0) is 14.3. The number of imidazole rings is 1. The highest BCUT2D eigenvalue weighted by Gasteiger charge is 1.93. The molecule has 0 aliphatic rings. The Morgan fingerprint density at radius 2 is 2.00 bits per heavy atom. The Labute approximate surface area is 112 Å². The summed E-state index contributed by atoms with van der Waals surface area (Å²) >= 11 is 0. The molecule has 2 rings (SSSR count). The first-order valence-corrected chi connectivity index (χ1v) is 5.99. The highest BCUT2D eigenvalue weighted by molar-refractivity contribution is 5.85. The SMILES string of the molecule is CC[n+]1ccn(C)c1.O=C([O-])c1ccc(CO)cc1. The van der Waals surface area contributed by atoms with E-state index in [9.17, 15) is 9.90 Å². The van der Waals surface area contributed by atoms with E-state index in [-0.39, 0.29) is 12.2 Å². The van der Waals surface area contributed by atoms with Gasteiger partial charge in [0.05, 0.1) is 26.2 Å². The third kappa shape index (κ3) is 4.93. The van der Waals surface area contributed by atoms with E-state index in [2.05, 4.69) is 24.0 Å². The second kappa shape index (κ2) is 7.33. The number of carboxylic acids is 1. The molecule has 1 N–H and O–H groups in total. The number of benzene rings is 1. The zero-order valence-electron chi connectivity index (χ0n) is 11.1. The average Bonchev–Trinajstić information content (AvgIpc) is 2.85. The summed E-state index contributed by atoms with van der Waals surface area (Å²) in [7, 11) is 2.02. The summed E-state index contributed by atoms with van der Waals surface area (Å²) in [6.07, 6.45) is 6.14. The third-order valence-electron chi connectivity index (χ3n) is 2.56. The highest BCUT2D eigenvalue weighted by atomic mass is 16.4. The molecular weight excluding hydrogens is 244 g/mol. The lowest BCUT2D eigenvalue weighted by Gasteiger charge is -2.01. The van der Waals surface area contributed by atoms with Crippen molar-refractivity contribution in [3.8, 4) is 0 Å². The molecule has 0 radical (unpaired) electrons. The summed E-state index contributed by atoms with van der Waals surface area (Å²) in [6, 6.07) is 5.90. The number of aromatic carboxylic acids is 1. The number of aliphatic hydroxyl groups excluding tert-OH is 1. The van der Waals surface area contributed by atoms with Gasteiger partial charge in [-0.15, -0.1) is 0 Å². The van der Waals surface area contributed by atoms with Crippen molar-refractivity contribution in [2.45, 2.75) is 20.1 Å². The van der Waals surface area contributed by atoms with Gasteiger partial charge in [0.25, 0.3) is 0 Å². The Morgan fingerprint density at radius 1 is 1.37 bits per heavy atom. The Balaban J connectivity index is 0.000000200. The fourth-order valence-corrected chi connectivity index (χ4v) is 1.44. The van der Waals surface area contributed by atoms with Crippen molar-refractivity contribution in [2.24, 2.45) is 7.05 Å². The van der Waals surface area contributed by atoms with E-state index in [1.54, 1.807) is 12.1 Å². The van der Waals surface area contributed by atoms with E-state index in [1.165, 1.54) is 12.1 Å². The topological polar surface area (TPSA) is 69.2 Å². The molecule has 0 aliphatic heterocycles. The molecule has 1 heterocycles. The molecule has 2 aromatic rings. The van der Waals surface area contributed by atoms with Gasteiger partial charge in [0.1, 0.15) is 12.4 Å². The molecule has 102 valence electrons. The second-order valence-corrected chi connectivity index (χ2v) is 4.05. The molecule has 0 aliphatic carbocycles. The summed E-state index contributed by atoms with van der Waals surface area (Å²) in [4.78, 5) is 10.2. The molecule has 5 heteroatoms. The van der Waals surface area contributed by atoms with Crippen molar-refractivity contribution < 1.29 is 19.6 Å². The van der Waals surface area contributed by atoms with Crippen LogP contribution in [-0.4, -0.2) is 15.6 Å². The maximum Gasteiger partial charge on any atom is 0.243 e. The van der Waals surface area contributed by atoms with Crippen LogP contribution in [0.2, 0.25) is 0 Å². The van der Waals surface area contributed by atoms with Crippen molar-refractivity contribution in [1.82, 2.24) is 4.57 Å². The van der Waals surface area contributed by atoms with Crippen molar-refractivity contribution >= 4 is 5.97 Å². The van der Waals surface area contributed by atoms with Gasteiger partial charge in [0.15, 0.2) is 0 Å². The fourth-order valence-electron chi connectivity index (χ4n) is 1.44. The molecule has 0 amide bonds. The van der Waals surface area contributed by atoms with Crippen LogP contribution in [0.4, 0.5) is 0 Å². The van der Waals surface area contributed by atoms with Crippen LogP contribution in [0.15, 0.2) is 43.0 Å². The van der Waals surface area contributed by atoms with Gasteiger partial charge in [-0.05, 0) is 18.1 Å². The number of carbonyl (C=O) groups is 1. The first kappa shape index (κ1) is 14.9. The van der Waals surface area contributed by atoms with Crippen molar-refractivity contribution in [3.05, 3.63) is 54.1 Å². The summed E-state index contributed by atoms with van der Waals surface area (Å²) in [5, 5.41) is 18.8. The molecule has 0 fully saturated rings. The van der Waals surface area contributed by atoms with Gasteiger partial charge in [-0.3, -0.25) is 0 Å². The second-order valence-electron chi connectivity index (χ2n) is 4.05. The molecule has 5 nitrogen and oxygen atoms in total. The van der Waals surface area contributed by atoms with Crippen LogP contribution in [0.3, 0.4) is 0 Å². The van der Waals surface area contributed by atoms with Crippen LogP contribution < -0.4 is 9.67 Å². The van der Waals surface area contributed by atoms with E-state index < -0.39 is 5.97 Å². The monoisotopic (exact) mass is 262 g/mol. The predicted octanol–water partition coefficient (Wildman–Crippen LogP) is -0.125. The van der Waals surface area contributed by atoms with Crippen LogP contribution in [-0.2, 0) is 20.2 Å². The Kier molecular flexibility index (Phi) is 5.75. The molecule has 0 atom stereocenters. The van der Waals surface area contributed by atoms with Crippen molar-refractivity contribution in [3.63, 3.8) is 0 Å². The molecule has 0 saturated carbocycles. The quantitative estimate of drug-likeness (QED) is 0.784. The molecule has 0 unspecified atom stereocenters.